The molecule has 3 aromatic rings. The van der Waals surface area contributed by atoms with Gasteiger partial charge in [-0.15, -0.1) is 0 Å². The molecule has 39 heavy (non-hydrogen) atoms. The third kappa shape index (κ3) is 6.45. The summed E-state index contributed by atoms with van der Waals surface area (Å²) in [5.41, 5.74) is 5.33. The van der Waals surface area contributed by atoms with Crippen molar-refractivity contribution < 1.29 is 23.3 Å². The van der Waals surface area contributed by atoms with E-state index in [1.54, 1.807) is 0 Å². The van der Waals surface area contributed by atoms with E-state index in [0.717, 1.165) is 70.4 Å². The van der Waals surface area contributed by atoms with Crippen molar-refractivity contribution in [1.29, 1.82) is 0 Å². The number of allylic oxidation sites excluding steroid dienone is 1. The largest absolute Gasteiger partial charge is 0.493 e. The van der Waals surface area contributed by atoms with Crippen LogP contribution in [0.2, 0.25) is 0 Å². The lowest BCUT2D eigenvalue weighted by Gasteiger charge is -2.16. The van der Waals surface area contributed by atoms with E-state index in [2.05, 4.69) is 42.6 Å². The van der Waals surface area contributed by atoms with E-state index < -0.39 is 16.0 Å². The van der Waals surface area contributed by atoms with E-state index >= 15 is 0 Å². The van der Waals surface area contributed by atoms with Gasteiger partial charge in [0.1, 0.15) is 16.7 Å². The lowest BCUT2D eigenvalue weighted by molar-refractivity contribution is -0.119. The second-order valence-electron chi connectivity index (χ2n) is 9.49. The quantitative estimate of drug-likeness (QED) is 0.251. The molecule has 0 saturated carbocycles. The van der Waals surface area contributed by atoms with Gasteiger partial charge in [-0.1, -0.05) is 55.8 Å². The van der Waals surface area contributed by atoms with Crippen LogP contribution in [0.4, 0.5) is 4.79 Å². The molecule has 1 fully saturated rings. The molecule has 0 aliphatic carbocycles. The molecule has 1 N–H and O–H groups in total. The average molecular weight is 562 g/mol. The van der Waals surface area contributed by atoms with Crippen molar-refractivity contribution in [3.05, 3.63) is 94.4 Å². The number of carbonyl (C=O) groups excluding carboxylic acids is 2. The molecular weight excluding hydrogens is 530 g/mol. The van der Waals surface area contributed by atoms with Gasteiger partial charge < -0.3 is 9.47 Å². The minimum absolute atomic E-state index is 0.284. The number of aryl methyl sites for hydroxylation is 1. The van der Waals surface area contributed by atoms with Gasteiger partial charge >= 0.3 is 0 Å². The number of hydrogen-bond acceptors (Lipinski definition) is 6. The van der Waals surface area contributed by atoms with Crippen molar-refractivity contribution >= 4 is 39.3 Å². The highest BCUT2D eigenvalue weighted by Gasteiger charge is 2.32. The van der Waals surface area contributed by atoms with Gasteiger partial charge in [-0.3, -0.25) is 14.9 Å². The molecule has 2 unspecified atom stereocenters. The smallest absolute Gasteiger partial charge is 0.286 e. The molecule has 0 aromatic heterocycles. The maximum Gasteiger partial charge on any atom is 0.286 e. The molecule has 5 rings (SSSR count). The maximum absolute atomic E-state index is 13.1. The number of hydrogen-bond donors (Lipinski definition) is 1. The fourth-order valence-corrected chi connectivity index (χ4v) is 7.14. The monoisotopic (exact) mass is 561 g/mol. The van der Waals surface area contributed by atoms with Crippen LogP contribution in [-0.2, 0) is 28.4 Å². The van der Waals surface area contributed by atoms with E-state index in [1.165, 1.54) is 5.56 Å². The molecule has 2 aliphatic heterocycles. The average Bonchev–Trinajstić information content (AvgIpc) is 3.46. The summed E-state index contributed by atoms with van der Waals surface area (Å²) in [5, 5.41) is 3.39. The molecule has 6 nitrogen and oxygen atoms in total. The standard InChI is InChI=1S/C31H31NO5S2/c1-2-7-26-27(17-16-25-23(20-39(35)29(25)26)11-10-21-8-4-3-5-9-21)37-19-6-18-36-24-14-12-22(13-15-24)28-30(33)32-31(34)38-28/h3-5,8-9,12-17,20,28H,2,6-7,10-11,18-19H2,1H3,(H,32,33,34). The van der Waals surface area contributed by atoms with Crippen LogP contribution >= 0.6 is 11.8 Å². The zero-order valence-corrected chi connectivity index (χ0v) is 23.4. The molecule has 2 atom stereocenters. The van der Waals surface area contributed by atoms with Crippen molar-refractivity contribution in [2.24, 2.45) is 0 Å². The van der Waals surface area contributed by atoms with Crippen LogP contribution in [0, 0.1) is 0 Å². The number of benzene rings is 3. The van der Waals surface area contributed by atoms with Crippen LogP contribution in [0.25, 0.3) is 5.57 Å². The van der Waals surface area contributed by atoms with Crippen LogP contribution in [-0.4, -0.2) is 28.6 Å². The lowest BCUT2D eigenvalue weighted by Crippen LogP contribution is -2.20. The highest BCUT2D eigenvalue weighted by atomic mass is 32.2. The Bertz CT molecular complexity index is 1400. The Morgan fingerprint density at radius 3 is 2.38 bits per heavy atom. The first-order valence-electron chi connectivity index (χ1n) is 13.2. The normalized spacial score (nSPS) is 18.0. The molecule has 1 saturated heterocycles. The van der Waals surface area contributed by atoms with E-state index in [4.69, 9.17) is 9.47 Å². The second-order valence-corrected chi connectivity index (χ2v) is 11.8. The Balaban J connectivity index is 1.15. The fraction of sp³-hybridized carbons (Fsp3) is 0.290. The lowest BCUT2D eigenvalue weighted by atomic mass is 9.96. The minimum atomic E-state index is -1.16. The summed E-state index contributed by atoms with van der Waals surface area (Å²) in [6, 6.07) is 21.7. The van der Waals surface area contributed by atoms with Crippen LogP contribution in [0.1, 0.15) is 53.7 Å². The molecule has 3 aromatic carbocycles. The molecule has 8 heteroatoms. The summed E-state index contributed by atoms with van der Waals surface area (Å²) in [6.07, 6.45) is 4.22. The van der Waals surface area contributed by atoms with E-state index in [9.17, 15) is 13.8 Å². The molecule has 202 valence electrons. The summed E-state index contributed by atoms with van der Waals surface area (Å²) in [7, 11) is -1.16. The fourth-order valence-electron chi connectivity index (χ4n) is 4.83. The van der Waals surface area contributed by atoms with Crippen LogP contribution in [0.15, 0.2) is 77.0 Å². The molecule has 2 heterocycles. The molecule has 0 bridgehead atoms. The van der Waals surface area contributed by atoms with E-state index in [0.29, 0.717) is 25.4 Å². The Morgan fingerprint density at radius 2 is 1.67 bits per heavy atom. The molecule has 2 aliphatic rings. The highest BCUT2D eigenvalue weighted by Crippen LogP contribution is 2.40. The van der Waals surface area contributed by atoms with Crippen LogP contribution in [0.3, 0.4) is 0 Å². The Morgan fingerprint density at radius 1 is 0.897 bits per heavy atom. The van der Waals surface area contributed by atoms with Crippen molar-refractivity contribution in [3.63, 3.8) is 0 Å². The van der Waals surface area contributed by atoms with Gasteiger partial charge in [-0.05, 0) is 77.6 Å². The first-order chi connectivity index (χ1) is 19.0. The first kappa shape index (κ1) is 27.2. The van der Waals surface area contributed by atoms with Gasteiger partial charge in [0.15, 0.2) is 0 Å². The summed E-state index contributed by atoms with van der Waals surface area (Å²) in [5.74, 6) is 1.21. The number of fused-ring (bicyclic) bond motifs is 1. The number of rotatable bonds is 12. The Labute approximate surface area is 235 Å². The maximum atomic E-state index is 13.1. The zero-order chi connectivity index (χ0) is 27.2. The summed E-state index contributed by atoms with van der Waals surface area (Å²) in [6.45, 7) is 3.08. The number of ether oxygens (including phenoxy) is 2. The Hall–Kier alpha value is -3.36. The van der Waals surface area contributed by atoms with Crippen molar-refractivity contribution in [2.75, 3.05) is 13.2 Å². The van der Waals surface area contributed by atoms with Gasteiger partial charge in [0.05, 0.1) is 28.9 Å². The third-order valence-corrected chi connectivity index (χ3v) is 9.13. The van der Waals surface area contributed by atoms with E-state index in [-0.39, 0.29) is 11.1 Å². The summed E-state index contributed by atoms with van der Waals surface area (Å²) in [4.78, 5) is 24.2. The van der Waals surface area contributed by atoms with E-state index in [1.807, 2.05) is 41.8 Å². The number of amides is 2. The summed E-state index contributed by atoms with van der Waals surface area (Å²) >= 11 is 0.989. The van der Waals surface area contributed by atoms with Gasteiger partial charge in [0, 0.05) is 17.4 Å². The molecular formula is C31H31NO5S2. The van der Waals surface area contributed by atoms with Crippen molar-refractivity contribution in [2.45, 2.75) is 49.2 Å². The second kappa shape index (κ2) is 12.7. The highest BCUT2D eigenvalue weighted by molar-refractivity contribution is 8.15. The molecule has 2 amide bonds. The number of nitrogens with one attached hydrogen (secondary N) is 1. The van der Waals surface area contributed by atoms with Gasteiger partial charge in [0.2, 0.25) is 5.91 Å². The number of carbonyl (C=O) groups is 2. The van der Waals surface area contributed by atoms with Gasteiger partial charge in [-0.25, -0.2) is 4.21 Å². The first-order valence-corrected chi connectivity index (χ1v) is 15.3. The topological polar surface area (TPSA) is 81.7 Å². The predicted molar refractivity (Wildman–Crippen MR) is 156 cm³/mol. The molecule has 0 spiro atoms. The van der Waals surface area contributed by atoms with Gasteiger partial charge in [0.25, 0.3) is 5.24 Å². The number of imide groups is 1. The predicted octanol–water partition coefficient (Wildman–Crippen LogP) is 6.61. The van der Waals surface area contributed by atoms with Gasteiger partial charge in [-0.2, -0.15) is 0 Å². The Kier molecular flexibility index (Phi) is 8.84. The summed E-state index contributed by atoms with van der Waals surface area (Å²) < 4.78 is 25.1. The SMILES string of the molecule is CCCc1c(OCCCOc2ccc(C3SC(=O)NC3=O)cc2)ccc2c1S(=O)C=C2CCc1ccccc1. The molecule has 0 radical (unpaired) electrons. The number of thioether (sulfide) groups is 1. The van der Waals surface area contributed by atoms with Crippen molar-refractivity contribution in [3.8, 4) is 11.5 Å². The zero-order valence-electron chi connectivity index (χ0n) is 21.8. The van der Waals surface area contributed by atoms with Crippen LogP contribution in [0.5, 0.6) is 11.5 Å². The van der Waals surface area contributed by atoms with Crippen molar-refractivity contribution in [1.82, 2.24) is 5.32 Å². The minimum Gasteiger partial charge on any atom is -0.493 e. The third-order valence-electron chi connectivity index (χ3n) is 6.73. The van der Waals surface area contributed by atoms with Crippen LogP contribution < -0.4 is 14.8 Å².